The van der Waals surface area contributed by atoms with Gasteiger partial charge in [-0.3, -0.25) is 4.79 Å². The minimum absolute atomic E-state index is 0.0920. The van der Waals surface area contributed by atoms with Crippen LogP contribution in [-0.2, 0) is 16.3 Å². The number of carbonyl (C=O) groups is 1. The van der Waals surface area contributed by atoms with Crippen molar-refractivity contribution < 1.29 is 13.2 Å². The van der Waals surface area contributed by atoms with Gasteiger partial charge in [0.2, 0.25) is 0 Å². The second-order valence-electron chi connectivity index (χ2n) is 6.83. The van der Waals surface area contributed by atoms with Gasteiger partial charge in [0, 0.05) is 17.4 Å². The number of hydrogen-bond acceptors (Lipinski definition) is 5. The first-order chi connectivity index (χ1) is 13.4. The van der Waals surface area contributed by atoms with Gasteiger partial charge in [0.25, 0.3) is 0 Å². The van der Waals surface area contributed by atoms with Crippen molar-refractivity contribution in [1.29, 1.82) is 0 Å². The van der Waals surface area contributed by atoms with Crippen LogP contribution in [0.2, 0.25) is 0 Å². The van der Waals surface area contributed by atoms with Crippen LogP contribution < -0.4 is 5.73 Å². The summed E-state index contributed by atoms with van der Waals surface area (Å²) in [4.78, 5) is 13.3. The largest absolute Gasteiger partial charge is 0.327 e. The lowest BCUT2D eigenvalue weighted by molar-refractivity contribution is 0.0993. The van der Waals surface area contributed by atoms with Crippen LogP contribution in [-0.4, -0.2) is 31.2 Å². The maximum atomic E-state index is 13.2. The van der Waals surface area contributed by atoms with E-state index in [0.29, 0.717) is 17.7 Å². The van der Waals surface area contributed by atoms with Crippen LogP contribution in [0, 0.1) is 0 Å². The highest BCUT2D eigenvalue weighted by molar-refractivity contribution is 7.92. The topological polar surface area (TPSA) is 77.2 Å². The summed E-state index contributed by atoms with van der Waals surface area (Å²) in [5.74, 6) is 0.145. The van der Waals surface area contributed by atoms with Crippen LogP contribution in [0.25, 0.3) is 10.8 Å². The quantitative estimate of drug-likeness (QED) is 0.457. The van der Waals surface area contributed by atoms with Crippen molar-refractivity contribution in [3.63, 3.8) is 0 Å². The predicted molar refractivity (Wildman–Crippen MR) is 117 cm³/mol. The Morgan fingerprint density at radius 3 is 2.21 bits per heavy atom. The zero-order valence-corrected chi connectivity index (χ0v) is 17.3. The van der Waals surface area contributed by atoms with E-state index in [1.165, 1.54) is 19.1 Å². The van der Waals surface area contributed by atoms with E-state index < -0.39 is 20.9 Å². The van der Waals surface area contributed by atoms with Crippen molar-refractivity contribution in [3.8, 4) is 0 Å². The molecule has 146 valence electrons. The highest BCUT2D eigenvalue weighted by atomic mass is 32.2. The van der Waals surface area contributed by atoms with Gasteiger partial charge in [0.05, 0.1) is 4.90 Å². The smallest absolute Gasteiger partial charge is 0.188 e. The third-order valence-electron chi connectivity index (χ3n) is 4.90. The van der Waals surface area contributed by atoms with E-state index in [2.05, 4.69) is 12.6 Å². The van der Waals surface area contributed by atoms with E-state index in [9.17, 15) is 13.2 Å². The number of thiol groups is 1. The van der Waals surface area contributed by atoms with Crippen molar-refractivity contribution in [3.05, 3.63) is 77.9 Å². The van der Waals surface area contributed by atoms with Crippen molar-refractivity contribution in [1.82, 2.24) is 0 Å². The molecular weight excluding hydrogens is 390 g/mol. The number of nitrogens with two attached hydrogens (primary N) is 1. The lowest BCUT2D eigenvalue weighted by Crippen LogP contribution is -2.28. The summed E-state index contributed by atoms with van der Waals surface area (Å²) in [5, 5.41) is 0.477. The Hall–Kier alpha value is -2.15. The maximum Gasteiger partial charge on any atom is 0.188 e. The molecule has 0 saturated carbocycles. The zero-order chi connectivity index (χ0) is 20.3. The summed E-state index contributed by atoms with van der Waals surface area (Å²) in [6.07, 6.45) is 0.635. The van der Waals surface area contributed by atoms with Gasteiger partial charge < -0.3 is 5.73 Å². The molecule has 0 aliphatic carbocycles. The molecule has 0 fully saturated rings. The summed E-state index contributed by atoms with van der Waals surface area (Å²) in [7, 11) is -3.77. The maximum absolute atomic E-state index is 13.2. The van der Waals surface area contributed by atoms with Crippen molar-refractivity contribution in [2.24, 2.45) is 5.73 Å². The van der Waals surface area contributed by atoms with Crippen LogP contribution in [0.4, 0.5) is 0 Å². The molecule has 0 aliphatic rings. The second kappa shape index (κ2) is 8.47. The van der Waals surface area contributed by atoms with E-state index in [4.69, 9.17) is 5.73 Å². The average Bonchev–Trinajstić information content (AvgIpc) is 2.73. The third kappa shape index (κ3) is 3.99. The molecule has 0 amide bonds. The Morgan fingerprint density at radius 2 is 1.57 bits per heavy atom. The van der Waals surface area contributed by atoms with Crippen LogP contribution in [0.15, 0.2) is 71.6 Å². The molecule has 0 unspecified atom stereocenters. The fourth-order valence-corrected chi connectivity index (χ4v) is 4.76. The lowest BCUT2D eigenvalue weighted by Gasteiger charge is -2.16. The molecule has 3 rings (SSSR count). The third-order valence-corrected chi connectivity index (χ3v) is 7.45. The van der Waals surface area contributed by atoms with E-state index in [0.717, 1.165) is 16.3 Å². The normalized spacial score (nSPS) is 14.0. The number of benzene rings is 3. The molecule has 2 atom stereocenters. The molecule has 0 heterocycles. The van der Waals surface area contributed by atoms with Gasteiger partial charge >= 0.3 is 0 Å². The Bertz CT molecular complexity index is 1100. The molecule has 28 heavy (non-hydrogen) atoms. The lowest BCUT2D eigenvalue weighted by atomic mass is 9.93. The highest BCUT2D eigenvalue weighted by Gasteiger charge is 2.31. The molecule has 0 bridgehead atoms. The summed E-state index contributed by atoms with van der Waals surface area (Å²) in [6.45, 7) is 1.45. The number of carbonyl (C=O) groups excluding carboxylic acids is 1. The minimum atomic E-state index is -3.77. The first-order valence-electron chi connectivity index (χ1n) is 9.06. The van der Waals surface area contributed by atoms with Gasteiger partial charge in [0.15, 0.2) is 15.6 Å². The van der Waals surface area contributed by atoms with Crippen LogP contribution in [0.3, 0.4) is 0 Å². The van der Waals surface area contributed by atoms with Crippen LogP contribution >= 0.6 is 12.6 Å². The summed E-state index contributed by atoms with van der Waals surface area (Å²) >= 11 is 4.24. The molecule has 3 aromatic rings. The number of ketones is 1. The van der Waals surface area contributed by atoms with Crippen molar-refractivity contribution in [2.75, 3.05) is 5.75 Å². The Balaban J connectivity index is 2.04. The van der Waals surface area contributed by atoms with Gasteiger partial charge in [-0.1, -0.05) is 54.6 Å². The second-order valence-corrected chi connectivity index (χ2v) is 9.46. The Kier molecular flexibility index (Phi) is 6.23. The Morgan fingerprint density at radius 1 is 0.964 bits per heavy atom. The molecule has 0 radical (unpaired) electrons. The average molecular weight is 414 g/mol. The highest BCUT2D eigenvalue weighted by Crippen LogP contribution is 2.27. The summed E-state index contributed by atoms with van der Waals surface area (Å²) in [6, 6.07) is 19.1. The molecule has 3 aromatic carbocycles. The van der Waals surface area contributed by atoms with E-state index in [1.54, 1.807) is 24.3 Å². The van der Waals surface area contributed by atoms with E-state index >= 15 is 0 Å². The standard InChI is InChI=1S/C22H23NO3S2/c1-15(28(25,26)18-7-3-2-4-8-18)22(24)21-12-11-16(13-17(23)14-27)19-9-5-6-10-20(19)21/h2-12,15,17,27H,13-14,23H2,1H3/t15-,17+/m0/s1. The van der Waals surface area contributed by atoms with Crippen LogP contribution in [0.5, 0.6) is 0 Å². The predicted octanol–water partition coefficient (Wildman–Crippen LogP) is 3.68. The minimum Gasteiger partial charge on any atom is -0.327 e. The fraction of sp³-hybridized carbons (Fsp3) is 0.227. The van der Waals surface area contributed by atoms with Gasteiger partial charge in [0.1, 0.15) is 5.25 Å². The monoisotopic (exact) mass is 413 g/mol. The first-order valence-corrected chi connectivity index (χ1v) is 11.2. The molecule has 0 spiro atoms. The SMILES string of the molecule is C[C@@H](C(=O)c1ccc(C[C@@H](N)CS)c2ccccc12)S(=O)(=O)c1ccccc1. The molecule has 0 aliphatic heterocycles. The molecule has 6 heteroatoms. The molecular formula is C22H23NO3S2. The summed E-state index contributed by atoms with van der Waals surface area (Å²) < 4.78 is 25.8. The molecule has 4 nitrogen and oxygen atoms in total. The van der Waals surface area contributed by atoms with Gasteiger partial charge in [-0.25, -0.2) is 8.42 Å². The number of Topliss-reactive ketones (excluding diaryl/α,β-unsaturated/α-hetero) is 1. The molecule has 0 saturated heterocycles. The number of hydrogen-bond donors (Lipinski definition) is 2. The van der Waals surface area contributed by atoms with Crippen molar-refractivity contribution >= 4 is 39.0 Å². The van der Waals surface area contributed by atoms with Gasteiger partial charge in [-0.2, -0.15) is 12.6 Å². The summed E-state index contributed by atoms with van der Waals surface area (Å²) in [5.41, 5.74) is 7.47. The fourth-order valence-electron chi connectivity index (χ4n) is 3.28. The molecule has 2 N–H and O–H groups in total. The first kappa shape index (κ1) is 20.6. The number of rotatable bonds is 7. The van der Waals surface area contributed by atoms with Crippen LogP contribution in [0.1, 0.15) is 22.8 Å². The van der Waals surface area contributed by atoms with E-state index in [-0.39, 0.29) is 10.9 Å². The van der Waals surface area contributed by atoms with Gasteiger partial charge in [-0.05, 0) is 41.8 Å². The van der Waals surface area contributed by atoms with E-state index in [1.807, 2.05) is 30.3 Å². The zero-order valence-electron chi connectivity index (χ0n) is 15.6. The molecule has 0 aromatic heterocycles. The van der Waals surface area contributed by atoms with Crippen molar-refractivity contribution in [2.45, 2.75) is 29.5 Å². The Labute approximate surface area is 171 Å². The number of fused-ring (bicyclic) bond motifs is 1. The number of sulfone groups is 1. The van der Waals surface area contributed by atoms with Gasteiger partial charge in [-0.15, -0.1) is 0 Å².